The van der Waals surface area contributed by atoms with E-state index in [0.29, 0.717) is 24.3 Å². The van der Waals surface area contributed by atoms with Crippen LogP contribution in [0.4, 0.5) is 0 Å². The Hall–Kier alpha value is -2.31. The molecule has 1 aliphatic heterocycles. The number of aromatic amines is 1. The smallest absolute Gasteiger partial charge is 0.355 e. The number of likely N-dealkylation sites (tertiary alicyclic amines) is 1. The van der Waals surface area contributed by atoms with E-state index in [1.165, 1.54) is 0 Å². The highest BCUT2D eigenvalue weighted by Gasteiger charge is 2.29. The number of nitrogens with one attached hydrogen (secondary N) is 1. The molecule has 1 amide bonds. The maximum Gasteiger partial charge on any atom is 0.355 e. The molecule has 0 bridgehead atoms. The van der Waals surface area contributed by atoms with E-state index in [0.717, 1.165) is 12.8 Å². The van der Waals surface area contributed by atoms with Crippen LogP contribution in [0.25, 0.3) is 0 Å². The third-order valence-corrected chi connectivity index (χ3v) is 4.17. The molecular weight excluding hydrogens is 312 g/mol. The zero-order valence-electron chi connectivity index (χ0n) is 14.6. The fourth-order valence-electron chi connectivity index (χ4n) is 2.93. The summed E-state index contributed by atoms with van der Waals surface area (Å²) in [6.07, 6.45) is 1.10. The van der Waals surface area contributed by atoms with Gasteiger partial charge in [0.25, 0.3) is 5.91 Å². The molecule has 0 radical (unpaired) electrons. The van der Waals surface area contributed by atoms with Crippen LogP contribution in [0.5, 0.6) is 0 Å². The summed E-state index contributed by atoms with van der Waals surface area (Å²) >= 11 is 0. The molecule has 7 nitrogen and oxygen atoms in total. The number of aryl methyl sites for hydroxylation is 1. The number of esters is 2. The number of aromatic nitrogens is 1. The van der Waals surface area contributed by atoms with Gasteiger partial charge in [-0.25, -0.2) is 9.59 Å². The topological polar surface area (TPSA) is 88.7 Å². The average molecular weight is 336 g/mol. The van der Waals surface area contributed by atoms with Gasteiger partial charge in [-0.05, 0) is 46.1 Å². The van der Waals surface area contributed by atoms with Gasteiger partial charge in [0.15, 0.2) is 6.10 Å². The van der Waals surface area contributed by atoms with Gasteiger partial charge in [0.1, 0.15) is 5.69 Å². The van der Waals surface area contributed by atoms with Crippen LogP contribution in [0, 0.1) is 13.8 Å². The molecular formula is C17H24N2O5. The zero-order valence-corrected chi connectivity index (χ0v) is 14.6. The van der Waals surface area contributed by atoms with Crippen LogP contribution in [0.1, 0.15) is 58.8 Å². The number of carbonyl (C=O) groups excluding carboxylic acids is 3. The van der Waals surface area contributed by atoms with Gasteiger partial charge in [-0.1, -0.05) is 0 Å². The van der Waals surface area contributed by atoms with Crippen molar-refractivity contribution < 1.29 is 23.9 Å². The van der Waals surface area contributed by atoms with Gasteiger partial charge in [-0.15, -0.1) is 0 Å². The highest BCUT2D eigenvalue weighted by molar-refractivity contribution is 5.99. The largest absolute Gasteiger partial charge is 0.461 e. The Morgan fingerprint density at radius 2 is 1.79 bits per heavy atom. The Morgan fingerprint density at radius 1 is 1.17 bits per heavy atom. The Labute approximate surface area is 141 Å². The summed E-state index contributed by atoms with van der Waals surface area (Å²) < 4.78 is 10.3. The number of H-pyrrole nitrogens is 1. The zero-order chi connectivity index (χ0) is 17.9. The highest BCUT2D eigenvalue weighted by atomic mass is 16.5. The molecule has 132 valence electrons. The van der Waals surface area contributed by atoms with E-state index in [2.05, 4.69) is 4.98 Å². The maximum absolute atomic E-state index is 12.4. The van der Waals surface area contributed by atoms with Crippen molar-refractivity contribution in [1.29, 1.82) is 0 Å². The molecule has 0 spiro atoms. The van der Waals surface area contributed by atoms with Crippen molar-refractivity contribution in [2.24, 2.45) is 0 Å². The Kier molecular flexibility index (Phi) is 5.64. The number of hydrogen-bond acceptors (Lipinski definition) is 5. The van der Waals surface area contributed by atoms with Crippen molar-refractivity contribution in [3.8, 4) is 0 Å². The molecule has 1 atom stereocenters. The van der Waals surface area contributed by atoms with Crippen LogP contribution in [0.15, 0.2) is 0 Å². The molecule has 1 aliphatic rings. The van der Waals surface area contributed by atoms with Crippen LogP contribution in [0.2, 0.25) is 0 Å². The third kappa shape index (κ3) is 3.60. The number of carbonyl (C=O) groups is 3. The lowest BCUT2D eigenvalue weighted by Gasteiger charge is -2.20. The van der Waals surface area contributed by atoms with E-state index >= 15 is 0 Å². The van der Waals surface area contributed by atoms with Gasteiger partial charge >= 0.3 is 11.9 Å². The summed E-state index contributed by atoms with van der Waals surface area (Å²) in [7, 11) is 0. The third-order valence-electron chi connectivity index (χ3n) is 4.17. The molecule has 7 heteroatoms. The van der Waals surface area contributed by atoms with Gasteiger partial charge < -0.3 is 19.4 Å². The lowest BCUT2D eigenvalue weighted by molar-refractivity contribution is -0.138. The van der Waals surface area contributed by atoms with Gasteiger partial charge in [0, 0.05) is 18.8 Å². The van der Waals surface area contributed by atoms with Crippen LogP contribution < -0.4 is 0 Å². The second-order valence-electron chi connectivity index (χ2n) is 5.93. The van der Waals surface area contributed by atoms with E-state index in [9.17, 15) is 14.4 Å². The van der Waals surface area contributed by atoms with Crippen molar-refractivity contribution in [3.05, 3.63) is 22.5 Å². The molecule has 0 unspecified atom stereocenters. The number of hydrogen-bond donors (Lipinski definition) is 1. The normalized spacial score (nSPS) is 15.2. The molecule has 0 aromatic carbocycles. The van der Waals surface area contributed by atoms with Crippen LogP contribution in [-0.4, -0.2) is 53.5 Å². The molecule has 1 fully saturated rings. The number of nitrogens with zero attached hydrogens (tertiary/aromatic N) is 1. The minimum atomic E-state index is -0.852. The van der Waals surface area contributed by atoms with Gasteiger partial charge in [-0.2, -0.15) is 0 Å². The summed E-state index contributed by atoms with van der Waals surface area (Å²) in [5, 5.41) is 0. The molecule has 2 rings (SSSR count). The molecule has 2 heterocycles. The minimum Gasteiger partial charge on any atom is -0.461 e. The predicted molar refractivity (Wildman–Crippen MR) is 86.9 cm³/mol. The van der Waals surface area contributed by atoms with Crippen molar-refractivity contribution in [1.82, 2.24) is 9.88 Å². The highest BCUT2D eigenvalue weighted by Crippen LogP contribution is 2.21. The predicted octanol–water partition coefficient (Wildman–Crippen LogP) is 1.98. The lowest BCUT2D eigenvalue weighted by Crippen LogP contribution is -2.38. The van der Waals surface area contributed by atoms with Gasteiger partial charge in [-0.3, -0.25) is 4.79 Å². The second kappa shape index (κ2) is 7.51. The van der Waals surface area contributed by atoms with E-state index in [4.69, 9.17) is 9.47 Å². The van der Waals surface area contributed by atoms with E-state index in [1.54, 1.807) is 32.6 Å². The summed E-state index contributed by atoms with van der Waals surface area (Å²) in [6.45, 7) is 8.27. The fraction of sp³-hybridized carbons (Fsp3) is 0.588. The first-order valence-corrected chi connectivity index (χ1v) is 8.22. The minimum absolute atomic E-state index is 0.183. The SMILES string of the molecule is CCOC(=O)c1[nH]c(C)c(C(=O)O[C@H](C)C(=O)N2CCCC2)c1C. The summed E-state index contributed by atoms with van der Waals surface area (Å²) in [5.41, 5.74) is 1.50. The molecule has 24 heavy (non-hydrogen) atoms. The summed E-state index contributed by atoms with van der Waals surface area (Å²) in [4.78, 5) is 41.2. The maximum atomic E-state index is 12.4. The quantitative estimate of drug-likeness (QED) is 0.831. The van der Waals surface area contributed by atoms with Gasteiger partial charge in [0.05, 0.1) is 12.2 Å². The van der Waals surface area contributed by atoms with Crippen LogP contribution in [-0.2, 0) is 14.3 Å². The van der Waals surface area contributed by atoms with Crippen LogP contribution >= 0.6 is 0 Å². The second-order valence-corrected chi connectivity index (χ2v) is 5.93. The summed E-state index contributed by atoms with van der Waals surface area (Å²) in [6, 6.07) is 0. The van der Waals surface area contributed by atoms with Crippen LogP contribution in [0.3, 0.4) is 0 Å². The van der Waals surface area contributed by atoms with Crippen molar-refractivity contribution >= 4 is 17.8 Å². The number of amides is 1. The van der Waals surface area contributed by atoms with E-state index in [1.807, 2.05) is 0 Å². The first kappa shape index (κ1) is 18.0. The first-order valence-electron chi connectivity index (χ1n) is 8.22. The molecule has 0 aliphatic carbocycles. The number of ether oxygens (including phenoxy) is 2. The van der Waals surface area contributed by atoms with Gasteiger partial charge in [0.2, 0.25) is 0 Å². The Bertz CT molecular complexity index is 644. The van der Waals surface area contributed by atoms with Crippen molar-refractivity contribution in [2.75, 3.05) is 19.7 Å². The molecule has 1 saturated heterocycles. The Balaban J connectivity index is 2.12. The standard InChI is InChI=1S/C17H24N2O5/c1-5-23-17(22)14-10(2)13(11(3)18-14)16(21)24-12(4)15(20)19-8-6-7-9-19/h12,18H,5-9H2,1-4H3/t12-/m1/s1. The van der Waals surface area contributed by atoms with E-state index in [-0.39, 0.29) is 23.8 Å². The monoisotopic (exact) mass is 336 g/mol. The lowest BCUT2D eigenvalue weighted by atomic mass is 10.1. The van der Waals surface area contributed by atoms with Crippen molar-refractivity contribution in [2.45, 2.75) is 46.6 Å². The molecule has 1 aromatic rings. The summed E-state index contributed by atoms with van der Waals surface area (Å²) in [5.74, 6) is -1.31. The molecule has 0 saturated carbocycles. The fourth-order valence-corrected chi connectivity index (χ4v) is 2.93. The van der Waals surface area contributed by atoms with E-state index < -0.39 is 18.0 Å². The Morgan fingerprint density at radius 3 is 2.38 bits per heavy atom. The average Bonchev–Trinajstić information content (AvgIpc) is 3.15. The number of rotatable bonds is 5. The molecule has 1 N–H and O–H groups in total. The molecule has 1 aromatic heterocycles. The van der Waals surface area contributed by atoms with Crippen molar-refractivity contribution in [3.63, 3.8) is 0 Å². The first-order chi connectivity index (χ1) is 11.4.